The number of nitrogens with zero attached hydrogens (tertiary/aromatic N) is 5. The first-order valence-electron chi connectivity index (χ1n) is 6.73. The van der Waals surface area contributed by atoms with Crippen molar-refractivity contribution in [1.29, 1.82) is 0 Å². The number of thiazole rings is 1. The molecule has 0 saturated carbocycles. The van der Waals surface area contributed by atoms with E-state index in [0.29, 0.717) is 12.3 Å². The van der Waals surface area contributed by atoms with Crippen LogP contribution in [0.1, 0.15) is 12.6 Å². The van der Waals surface area contributed by atoms with Gasteiger partial charge in [-0.2, -0.15) is 0 Å². The number of para-hydroxylation sites is 2. The van der Waals surface area contributed by atoms with Gasteiger partial charge in [0.15, 0.2) is 0 Å². The van der Waals surface area contributed by atoms with E-state index >= 15 is 0 Å². The lowest BCUT2D eigenvalue weighted by Gasteiger charge is -1.99. The maximum Gasteiger partial charge on any atom is 0.352 e. The Kier molecular flexibility index (Phi) is 2.68. The Hall–Kier alpha value is -2.41. The van der Waals surface area contributed by atoms with Crippen molar-refractivity contribution < 1.29 is 0 Å². The number of hydrogen-bond acceptors (Lipinski definition) is 4. The average molecular weight is 299 g/mol. The summed E-state index contributed by atoms with van der Waals surface area (Å²) in [6.07, 6.45) is 0. The van der Waals surface area contributed by atoms with E-state index in [9.17, 15) is 4.79 Å². The van der Waals surface area contributed by atoms with Gasteiger partial charge < -0.3 is 4.57 Å². The Morgan fingerprint density at radius 3 is 2.76 bits per heavy atom. The highest BCUT2D eigenvalue weighted by molar-refractivity contribution is 7.07. The third-order valence-corrected chi connectivity index (χ3v) is 4.22. The van der Waals surface area contributed by atoms with Gasteiger partial charge in [0.25, 0.3) is 0 Å². The highest BCUT2D eigenvalue weighted by atomic mass is 32.1. The van der Waals surface area contributed by atoms with Crippen LogP contribution in [0.2, 0.25) is 0 Å². The van der Waals surface area contributed by atoms with Gasteiger partial charge in [0, 0.05) is 11.9 Å². The molecule has 4 aromatic rings. The molecule has 0 bridgehead atoms. The molecule has 0 amide bonds. The Balaban J connectivity index is 2.00. The second kappa shape index (κ2) is 4.56. The third-order valence-electron chi connectivity index (χ3n) is 3.59. The molecule has 6 nitrogen and oxygen atoms in total. The average Bonchev–Trinajstić information content (AvgIpc) is 3.17. The summed E-state index contributed by atoms with van der Waals surface area (Å²) in [4.78, 5) is 16.8. The molecule has 3 aromatic heterocycles. The zero-order valence-electron chi connectivity index (χ0n) is 11.4. The van der Waals surface area contributed by atoms with Crippen molar-refractivity contribution in [2.24, 2.45) is 0 Å². The lowest BCUT2D eigenvalue weighted by molar-refractivity contribution is 0.644. The summed E-state index contributed by atoms with van der Waals surface area (Å²) in [6, 6.07) is 7.87. The molecule has 0 fully saturated rings. The van der Waals surface area contributed by atoms with Gasteiger partial charge in [-0.1, -0.05) is 12.1 Å². The van der Waals surface area contributed by atoms with Crippen molar-refractivity contribution in [2.45, 2.75) is 20.0 Å². The molecule has 0 aliphatic rings. The van der Waals surface area contributed by atoms with Crippen molar-refractivity contribution in [2.75, 3.05) is 0 Å². The van der Waals surface area contributed by atoms with Crippen LogP contribution in [0.25, 0.3) is 16.8 Å². The van der Waals surface area contributed by atoms with E-state index in [4.69, 9.17) is 0 Å². The fourth-order valence-electron chi connectivity index (χ4n) is 2.65. The Labute approximate surface area is 123 Å². The number of imidazole rings is 1. The van der Waals surface area contributed by atoms with Crippen molar-refractivity contribution in [3.05, 3.63) is 51.3 Å². The molecule has 0 N–H and O–H groups in total. The second-order valence-corrected chi connectivity index (χ2v) is 5.51. The minimum atomic E-state index is -0.124. The maximum atomic E-state index is 12.6. The molecule has 0 radical (unpaired) electrons. The summed E-state index contributed by atoms with van der Waals surface area (Å²) in [5, 5.41) is 6.42. The van der Waals surface area contributed by atoms with E-state index in [-0.39, 0.29) is 5.69 Å². The Morgan fingerprint density at radius 2 is 2.05 bits per heavy atom. The van der Waals surface area contributed by atoms with Gasteiger partial charge in [-0.3, -0.25) is 0 Å². The molecule has 7 heteroatoms. The number of hydrogen-bond donors (Lipinski definition) is 0. The van der Waals surface area contributed by atoms with Crippen LogP contribution in [-0.2, 0) is 13.1 Å². The second-order valence-electron chi connectivity index (χ2n) is 4.79. The van der Waals surface area contributed by atoms with Gasteiger partial charge in [-0.15, -0.1) is 16.4 Å². The molecular weight excluding hydrogens is 286 g/mol. The minimum absolute atomic E-state index is 0.124. The van der Waals surface area contributed by atoms with Gasteiger partial charge in [0.1, 0.15) is 0 Å². The fraction of sp³-hybridized carbons (Fsp3) is 0.214. The van der Waals surface area contributed by atoms with Crippen LogP contribution in [0.5, 0.6) is 0 Å². The highest BCUT2D eigenvalue weighted by Crippen LogP contribution is 2.18. The highest BCUT2D eigenvalue weighted by Gasteiger charge is 2.16. The third kappa shape index (κ3) is 1.74. The van der Waals surface area contributed by atoms with Crippen LogP contribution in [0, 0.1) is 0 Å². The predicted octanol–water partition coefficient (Wildman–Crippen LogP) is 1.98. The molecule has 0 aliphatic carbocycles. The zero-order valence-corrected chi connectivity index (χ0v) is 12.2. The van der Waals surface area contributed by atoms with Crippen molar-refractivity contribution in [3.8, 4) is 0 Å². The lowest BCUT2D eigenvalue weighted by Crippen LogP contribution is -2.21. The van der Waals surface area contributed by atoms with Crippen molar-refractivity contribution in [3.63, 3.8) is 0 Å². The first kappa shape index (κ1) is 12.3. The normalized spacial score (nSPS) is 11.7. The van der Waals surface area contributed by atoms with E-state index in [2.05, 4.69) is 17.0 Å². The standard InChI is InChI=1S/C14H13N5OS/c1-2-17-11-5-3-4-6-12(11)19-13(17)16-18(14(19)20)7-10-8-21-9-15-10/h3-6,8-9H,2,7H2,1H3. The number of benzene rings is 1. The van der Waals surface area contributed by atoms with Crippen LogP contribution >= 0.6 is 11.3 Å². The first-order chi connectivity index (χ1) is 10.3. The molecule has 0 spiro atoms. The number of fused-ring (bicyclic) bond motifs is 3. The van der Waals surface area contributed by atoms with E-state index < -0.39 is 0 Å². The number of aromatic nitrogens is 5. The monoisotopic (exact) mass is 299 g/mol. The molecule has 1 aromatic carbocycles. The molecule has 3 heterocycles. The molecule has 4 rings (SSSR count). The topological polar surface area (TPSA) is 57.1 Å². The Morgan fingerprint density at radius 1 is 1.24 bits per heavy atom. The summed E-state index contributed by atoms with van der Waals surface area (Å²) < 4.78 is 5.20. The van der Waals surface area contributed by atoms with Gasteiger partial charge in [-0.05, 0) is 19.1 Å². The largest absolute Gasteiger partial charge is 0.352 e. The molecule has 0 aliphatic heterocycles. The van der Waals surface area contributed by atoms with Crippen LogP contribution in [0.4, 0.5) is 0 Å². The van der Waals surface area contributed by atoms with Gasteiger partial charge in [0.2, 0.25) is 5.78 Å². The van der Waals surface area contributed by atoms with Crippen molar-refractivity contribution >= 4 is 28.1 Å². The summed E-state index contributed by atoms with van der Waals surface area (Å²) in [6.45, 7) is 3.22. The summed E-state index contributed by atoms with van der Waals surface area (Å²) in [5.41, 5.74) is 4.42. The molecule has 0 atom stereocenters. The van der Waals surface area contributed by atoms with Crippen molar-refractivity contribution in [1.82, 2.24) is 23.7 Å². The molecular formula is C14H13N5OS. The Bertz CT molecular complexity index is 976. The first-order valence-corrected chi connectivity index (χ1v) is 7.67. The SMILES string of the molecule is CCn1c2ccccc2n2c(=O)n(Cc3cscn3)nc12. The van der Waals surface area contributed by atoms with E-state index in [0.717, 1.165) is 23.3 Å². The van der Waals surface area contributed by atoms with Gasteiger partial charge in [0.05, 0.1) is 28.8 Å². The van der Waals surface area contributed by atoms with E-state index in [1.807, 2.05) is 34.2 Å². The number of rotatable bonds is 3. The van der Waals surface area contributed by atoms with Crippen LogP contribution in [0.3, 0.4) is 0 Å². The fourth-order valence-corrected chi connectivity index (χ4v) is 3.20. The van der Waals surface area contributed by atoms with E-state index in [1.165, 1.54) is 16.0 Å². The predicted molar refractivity (Wildman–Crippen MR) is 81.8 cm³/mol. The van der Waals surface area contributed by atoms with Crippen LogP contribution in [0.15, 0.2) is 40.0 Å². The summed E-state index contributed by atoms with van der Waals surface area (Å²) in [7, 11) is 0. The smallest absolute Gasteiger partial charge is 0.309 e. The molecule has 106 valence electrons. The minimum Gasteiger partial charge on any atom is -0.309 e. The zero-order chi connectivity index (χ0) is 14.4. The quantitative estimate of drug-likeness (QED) is 0.581. The maximum absolute atomic E-state index is 12.6. The lowest BCUT2D eigenvalue weighted by atomic mass is 10.3. The van der Waals surface area contributed by atoms with Gasteiger partial charge >= 0.3 is 5.69 Å². The van der Waals surface area contributed by atoms with Crippen LogP contribution < -0.4 is 5.69 Å². The van der Waals surface area contributed by atoms with Gasteiger partial charge in [-0.25, -0.2) is 18.9 Å². The molecule has 0 saturated heterocycles. The van der Waals surface area contributed by atoms with E-state index in [1.54, 1.807) is 9.91 Å². The summed E-state index contributed by atoms with van der Waals surface area (Å²) in [5.74, 6) is 0.680. The van der Waals surface area contributed by atoms with Crippen LogP contribution in [-0.4, -0.2) is 23.7 Å². The summed E-state index contributed by atoms with van der Waals surface area (Å²) >= 11 is 1.52. The molecule has 0 unspecified atom stereocenters. The number of aryl methyl sites for hydroxylation is 1. The molecule has 21 heavy (non-hydrogen) atoms.